The topological polar surface area (TPSA) is 213 Å². The highest BCUT2D eigenvalue weighted by atomic mass is 35.5. The molecule has 2 aromatic rings. The van der Waals surface area contributed by atoms with E-state index >= 15 is 0 Å². The normalized spacial score (nSPS) is 11.6. The first-order chi connectivity index (χ1) is 18.5. The third kappa shape index (κ3) is 10.7. The van der Waals surface area contributed by atoms with Gasteiger partial charge >= 0.3 is 23.9 Å². The van der Waals surface area contributed by atoms with Crippen LogP contribution in [0.5, 0.6) is 17.2 Å². The van der Waals surface area contributed by atoms with Crippen molar-refractivity contribution in [1.29, 1.82) is 0 Å². The third-order valence-electron chi connectivity index (χ3n) is 4.67. The Balaban J connectivity index is 0.00000800. The summed E-state index contributed by atoms with van der Waals surface area (Å²) in [6.07, 6.45) is -1.13. The van der Waals surface area contributed by atoms with E-state index in [2.05, 4.69) is 4.84 Å². The Morgan fingerprint density at radius 2 is 1.65 bits per heavy atom. The van der Waals surface area contributed by atoms with E-state index < -0.39 is 47.9 Å². The molecule has 16 heteroatoms. The van der Waals surface area contributed by atoms with Crippen LogP contribution < -0.4 is 19.9 Å². The molecule has 3 N–H and O–H groups in total. The van der Waals surface area contributed by atoms with Gasteiger partial charge in [-0.05, 0) is 37.3 Å². The predicted octanol–water partition coefficient (Wildman–Crippen LogP) is 1.60. The fourth-order valence-electron chi connectivity index (χ4n) is 2.76. The van der Waals surface area contributed by atoms with Crippen LogP contribution in [-0.4, -0.2) is 66.2 Å². The first kappa shape index (κ1) is 33.6. The molecule has 0 aliphatic rings. The number of carbonyl (C=O) groups excluding carboxylic acids is 4. The Kier molecular flexibility index (Phi) is 13.8. The fraction of sp³-hybridized carbons (Fsp3) is 0.333. The van der Waals surface area contributed by atoms with E-state index in [1.165, 1.54) is 37.3 Å². The molecule has 15 nitrogen and oxygen atoms in total. The summed E-state index contributed by atoms with van der Waals surface area (Å²) in [6, 6.07) is 8.00. The first-order valence-corrected chi connectivity index (χ1v) is 11.3. The molecule has 218 valence electrons. The van der Waals surface area contributed by atoms with Crippen LogP contribution in [0.3, 0.4) is 0 Å². The number of nitrogens with two attached hydrogens (primary N) is 1. The Morgan fingerprint density at radius 1 is 0.975 bits per heavy atom. The molecule has 0 aliphatic carbocycles. The number of nitrogens with zero attached hydrogens (tertiary/aromatic N) is 1. The summed E-state index contributed by atoms with van der Waals surface area (Å²) in [4.78, 5) is 62.7. The highest BCUT2D eigenvalue weighted by Crippen LogP contribution is 2.29. The molecule has 0 heterocycles. The highest BCUT2D eigenvalue weighted by molar-refractivity contribution is 5.94. The quantitative estimate of drug-likeness (QED) is 0.0803. The monoisotopic (exact) mass is 586 g/mol. The van der Waals surface area contributed by atoms with Crippen LogP contribution in [0.4, 0.5) is 0 Å². The van der Waals surface area contributed by atoms with Crippen molar-refractivity contribution in [3.05, 3.63) is 63.7 Å². The lowest BCUT2D eigenvalue weighted by Gasteiger charge is -2.16. The number of rotatable bonds is 14. The number of esters is 4. The Labute approximate surface area is 233 Å². The summed E-state index contributed by atoms with van der Waals surface area (Å²) >= 11 is 0. The van der Waals surface area contributed by atoms with Gasteiger partial charge < -0.3 is 39.4 Å². The van der Waals surface area contributed by atoms with E-state index in [-0.39, 0.29) is 60.4 Å². The van der Waals surface area contributed by atoms with Gasteiger partial charge in [-0.15, -0.1) is 22.5 Å². The molecular weight excluding hydrogens is 560 g/mol. The van der Waals surface area contributed by atoms with Gasteiger partial charge in [0.15, 0.2) is 11.5 Å². The zero-order valence-electron chi connectivity index (χ0n) is 21.3. The van der Waals surface area contributed by atoms with Gasteiger partial charge in [0.25, 0.3) is 5.09 Å². The van der Waals surface area contributed by atoms with Crippen molar-refractivity contribution in [2.24, 2.45) is 5.73 Å². The largest absolute Gasteiger partial charge is 0.490 e. The molecule has 0 spiro atoms. The van der Waals surface area contributed by atoms with Crippen molar-refractivity contribution in [1.82, 2.24) is 0 Å². The Bertz CT molecular complexity index is 1210. The number of halogens is 1. The van der Waals surface area contributed by atoms with Gasteiger partial charge in [0, 0.05) is 13.3 Å². The van der Waals surface area contributed by atoms with Crippen LogP contribution >= 0.6 is 12.4 Å². The fourth-order valence-corrected chi connectivity index (χ4v) is 2.76. The molecule has 0 radical (unpaired) electrons. The first-order valence-electron chi connectivity index (χ1n) is 11.3. The summed E-state index contributed by atoms with van der Waals surface area (Å²) < 4.78 is 25.4. The van der Waals surface area contributed by atoms with Crippen LogP contribution in [-0.2, 0) is 23.9 Å². The second-order valence-corrected chi connectivity index (χ2v) is 7.68. The number of aliphatic hydroxyl groups excluding tert-OH is 1. The van der Waals surface area contributed by atoms with Crippen LogP contribution in [0.2, 0.25) is 0 Å². The number of carbonyl (C=O) groups is 4. The molecule has 0 aromatic heterocycles. The van der Waals surface area contributed by atoms with Gasteiger partial charge in [-0.3, -0.25) is 4.79 Å². The van der Waals surface area contributed by atoms with Crippen LogP contribution in [0.1, 0.15) is 41.0 Å². The highest BCUT2D eigenvalue weighted by Gasteiger charge is 2.24. The minimum absolute atomic E-state index is 0. The molecule has 0 amide bonds. The van der Waals surface area contributed by atoms with Crippen molar-refractivity contribution < 1.29 is 57.9 Å². The lowest BCUT2D eigenvalue weighted by molar-refractivity contribution is -0.757. The number of ether oxygens (including phenoxy) is 5. The summed E-state index contributed by atoms with van der Waals surface area (Å²) in [5, 5.41) is 18.8. The number of para-hydroxylation sites is 1. The number of hydrogen-bond donors (Lipinski definition) is 2. The minimum atomic E-state index is -1.41. The minimum Gasteiger partial charge on any atom is -0.490 e. The molecule has 2 unspecified atom stereocenters. The standard InChI is InChI=1S/C24H26N2O13.ClH/c1-14(27)21(25)24(31)39-20-12-16(8-9-19(20)34-10-5-11-37-26(32)33)22(29)35-13-36-23(30)17-6-3-4-7-18(17)38-15(2)28;/h3-4,6-9,12,14,21,27H,5,10-11,13,25H2,1-2H3;1H. The van der Waals surface area contributed by atoms with E-state index in [1.807, 2.05) is 0 Å². The molecule has 40 heavy (non-hydrogen) atoms. The van der Waals surface area contributed by atoms with E-state index in [0.717, 1.165) is 13.0 Å². The lowest BCUT2D eigenvalue weighted by atomic mass is 10.2. The number of hydrogen-bond acceptors (Lipinski definition) is 14. The van der Waals surface area contributed by atoms with E-state index in [9.17, 15) is 34.4 Å². The molecule has 0 saturated carbocycles. The summed E-state index contributed by atoms with van der Waals surface area (Å²) in [5.74, 6) is -3.89. The number of aliphatic hydroxyl groups is 1. The molecule has 2 rings (SSSR count). The van der Waals surface area contributed by atoms with Gasteiger partial charge in [-0.25, -0.2) is 14.4 Å². The van der Waals surface area contributed by atoms with E-state index in [0.29, 0.717) is 0 Å². The zero-order chi connectivity index (χ0) is 28.9. The molecule has 0 bridgehead atoms. The summed E-state index contributed by atoms with van der Waals surface area (Å²) in [6.45, 7) is 1.31. The smallest absolute Gasteiger partial charge is 0.344 e. The van der Waals surface area contributed by atoms with E-state index in [1.54, 1.807) is 6.07 Å². The van der Waals surface area contributed by atoms with Crippen molar-refractivity contribution in [2.45, 2.75) is 32.4 Å². The van der Waals surface area contributed by atoms with Crippen molar-refractivity contribution in [2.75, 3.05) is 20.0 Å². The van der Waals surface area contributed by atoms with Crippen molar-refractivity contribution in [3.8, 4) is 17.2 Å². The van der Waals surface area contributed by atoms with Crippen LogP contribution in [0.25, 0.3) is 0 Å². The average Bonchev–Trinajstić information content (AvgIpc) is 2.88. The molecular formula is C24H27ClN2O13. The maximum Gasteiger partial charge on any atom is 0.344 e. The molecule has 0 saturated heterocycles. The summed E-state index contributed by atoms with van der Waals surface area (Å²) in [7, 11) is 0. The van der Waals surface area contributed by atoms with Crippen LogP contribution in [0, 0.1) is 10.1 Å². The SMILES string of the molecule is CC(=O)Oc1ccccc1C(=O)OCOC(=O)c1ccc(OCCCO[N+](=O)[O-])c(OC(=O)C(N)C(C)O)c1.Cl. The molecule has 2 aromatic carbocycles. The predicted molar refractivity (Wildman–Crippen MR) is 135 cm³/mol. The zero-order valence-corrected chi connectivity index (χ0v) is 22.1. The lowest BCUT2D eigenvalue weighted by Crippen LogP contribution is -2.42. The van der Waals surface area contributed by atoms with Gasteiger partial charge in [0.1, 0.15) is 17.4 Å². The van der Waals surface area contributed by atoms with Gasteiger partial charge in [-0.2, -0.15) is 0 Å². The number of benzene rings is 2. The van der Waals surface area contributed by atoms with Gasteiger partial charge in [0.05, 0.1) is 24.9 Å². The summed E-state index contributed by atoms with van der Waals surface area (Å²) in [5.41, 5.74) is 5.38. The maximum absolute atomic E-state index is 12.5. The second kappa shape index (κ2) is 16.5. The third-order valence-corrected chi connectivity index (χ3v) is 4.67. The Morgan fingerprint density at radius 3 is 2.30 bits per heavy atom. The van der Waals surface area contributed by atoms with Crippen molar-refractivity contribution in [3.63, 3.8) is 0 Å². The second-order valence-electron chi connectivity index (χ2n) is 7.68. The maximum atomic E-state index is 12.5. The molecule has 0 fully saturated rings. The van der Waals surface area contributed by atoms with Crippen molar-refractivity contribution >= 4 is 36.3 Å². The Hall–Kier alpha value is -4.47. The van der Waals surface area contributed by atoms with Gasteiger partial charge in [-0.1, -0.05) is 12.1 Å². The van der Waals surface area contributed by atoms with Gasteiger partial charge in [0.2, 0.25) is 6.79 Å². The molecule has 2 atom stereocenters. The average molecular weight is 587 g/mol. The van der Waals surface area contributed by atoms with E-state index in [4.69, 9.17) is 29.4 Å². The van der Waals surface area contributed by atoms with Crippen LogP contribution in [0.15, 0.2) is 42.5 Å². The molecule has 0 aliphatic heterocycles.